The van der Waals surface area contributed by atoms with E-state index in [-0.39, 0.29) is 5.91 Å². The Hall–Kier alpha value is -2.23. The highest BCUT2D eigenvalue weighted by Gasteiger charge is 2.15. The molecule has 1 amide bonds. The number of amides is 1. The van der Waals surface area contributed by atoms with E-state index in [1.807, 2.05) is 32.0 Å². The smallest absolute Gasteiger partial charge is 0.252 e. The van der Waals surface area contributed by atoms with E-state index < -0.39 is 17.7 Å². The van der Waals surface area contributed by atoms with E-state index in [0.29, 0.717) is 11.1 Å². The number of carbonyl (C=O) groups is 1. The minimum atomic E-state index is -0.916. The Morgan fingerprint density at radius 2 is 1.76 bits per heavy atom. The van der Waals surface area contributed by atoms with Crippen molar-refractivity contribution in [3.63, 3.8) is 0 Å². The van der Waals surface area contributed by atoms with Crippen LogP contribution in [-0.2, 0) is 0 Å². The van der Waals surface area contributed by atoms with E-state index in [4.69, 9.17) is 0 Å². The minimum absolute atomic E-state index is 0.228. The lowest BCUT2D eigenvalue weighted by Gasteiger charge is -2.16. The second-order valence-electron chi connectivity index (χ2n) is 5.19. The van der Waals surface area contributed by atoms with E-state index in [1.54, 1.807) is 6.92 Å². The van der Waals surface area contributed by atoms with Crippen molar-refractivity contribution < 1.29 is 13.6 Å². The maximum atomic E-state index is 13.2. The van der Waals surface area contributed by atoms with Gasteiger partial charge in [-0.15, -0.1) is 0 Å². The molecule has 0 saturated carbocycles. The highest BCUT2D eigenvalue weighted by molar-refractivity contribution is 5.96. The van der Waals surface area contributed by atoms with Crippen molar-refractivity contribution in [2.45, 2.75) is 26.8 Å². The number of aryl methyl sites for hydroxylation is 2. The molecule has 2 aromatic carbocycles. The lowest BCUT2D eigenvalue weighted by atomic mass is 10.0. The summed E-state index contributed by atoms with van der Waals surface area (Å²) >= 11 is 0. The molecule has 1 unspecified atom stereocenters. The zero-order chi connectivity index (χ0) is 15.6. The van der Waals surface area contributed by atoms with Crippen LogP contribution < -0.4 is 5.32 Å². The van der Waals surface area contributed by atoms with Crippen molar-refractivity contribution in [3.8, 4) is 0 Å². The first kappa shape index (κ1) is 15.2. The predicted molar refractivity (Wildman–Crippen MR) is 78.2 cm³/mol. The van der Waals surface area contributed by atoms with Gasteiger partial charge in [0.05, 0.1) is 6.04 Å². The normalized spacial score (nSPS) is 12.0. The molecule has 2 aromatic rings. The molecule has 0 spiro atoms. The van der Waals surface area contributed by atoms with Crippen LogP contribution in [0, 0.1) is 25.5 Å². The van der Waals surface area contributed by atoms with Crippen molar-refractivity contribution in [2.75, 3.05) is 0 Å². The Morgan fingerprint density at radius 3 is 2.43 bits per heavy atom. The molecule has 0 aliphatic carbocycles. The number of benzene rings is 2. The standard InChI is InChI=1S/C17H17F2NO/c1-10-4-5-11(2)14(8-10)17(21)20-12(3)13-6-7-15(18)16(19)9-13/h4-9,12H,1-3H3,(H,20,21). The molecule has 2 rings (SSSR count). The molecule has 2 nitrogen and oxygen atoms in total. The summed E-state index contributed by atoms with van der Waals surface area (Å²) in [6.07, 6.45) is 0. The maximum Gasteiger partial charge on any atom is 0.252 e. The first-order valence-corrected chi connectivity index (χ1v) is 6.71. The van der Waals surface area contributed by atoms with Gasteiger partial charge in [-0.2, -0.15) is 0 Å². The number of carbonyl (C=O) groups excluding carboxylic acids is 1. The van der Waals surface area contributed by atoms with Crippen molar-refractivity contribution >= 4 is 5.91 Å². The molecule has 0 aliphatic rings. The minimum Gasteiger partial charge on any atom is -0.346 e. The molecule has 0 heterocycles. The monoisotopic (exact) mass is 289 g/mol. The SMILES string of the molecule is Cc1ccc(C)c(C(=O)NC(C)c2ccc(F)c(F)c2)c1. The van der Waals surface area contributed by atoms with Gasteiger partial charge in [-0.25, -0.2) is 8.78 Å². The second-order valence-corrected chi connectivity index (χ2v) is 5.19. The average Bonchev–Trinajstić information content (AvgIpc) is 2.44. The number of hydrogen-bond donors (Lipinski definition) is 1. The van der Waals surface area contributed by atoms with Crippen molar-refractivity contribution in [2.24, 2.45) is 0 Å². The van der Waals surface area contributed by atoms with Crippen LogP contribution in [0.5, 0.6) is 0 Å². The van der Waals surface area contributed by atoms with Gasteiger partial charge in [-0.05, 0) is 50.1 Å². The first-order valence-electron chi connectivity index (χ1n) is 6.71. The van der Waals surface area contributed by atoms with Crippen molar-refractivity contribution in [1.82, 2.24) is 5.32 Å². The molecule has 0 aromatic heterocycles. The lowest BCUT2D eigenvalue weighted by Crippen LogP contribution is -2.27. The zero-order valence-electron chi connectivity index (χ0n) is 12.2. The Kier molecular flexibility index (Phi) is 4.36. The highest BCUT2D eigenvalue weighted by Crippen LogP contribution is 2.17. The third-order valence-corrected chi connectivity index (χ3v) is 3.43. The maximum absolute atomic E-state index is 13.2. The molecule has 1 atom stereocenters. The van der Waals surface area contributed by atoms with Gasteiger partial charge < -0.3 is 5.32 Å². The van der Waals surface area contributed by atoms with E-state index in [1.165, 1.54) is 6.07 Å². The summed E-state index contributed by atoms with van der Waals surface area (Å²) < 4.78 is 26.2. The topological polar surface area (TPSA) is 29.1 Å². The summed E-state index contributed by atoms with van der Waals surface area (Å²) in [7, 11) is 0. The summed E-state index contributed by atoms with van der Waals surface area (Å²) in [6, 6.07) is 8.84. The fourth-order valence-corrected chi connectivity index (χ4v) is 2.12. The third kappa shape index (κ3) is 3.45. The first-order chi connectivity index (χ1) is 9.88. The van der Waals surface area contributed by atoms with E-state index in [2.05, 4.69) is 5.32 Å². The number of nitrogens with one attached hydrogen (secondary N) is 1. The van der Waals surface area contributed by atoms with Gasteiger partial charge in [0.2, 0.25) is 0 Å². The molecule has 110 valence electrons. The van der Waals surface area contributed by atoms with E-state index in [0.717, 1.165) is 23.3 Å². The Balaban J connectivity index is 2.18. The molecule has 0 saturated heterocycles. The van der Waals surface area contributed by atoms with Crippen LogP contribution in [0.2, 0.25) is 0 Å². The van der Waals surface area contributed by atoms with E-state index in [9.17, 15) is 13.6 Å². The van der Waals surface area contributed by atoms with Crippen molar-refractivity contribution in [1.29, 1.82) is 0 Å². The van der Waals surface area contributed by atoms with Crippen LogP contribution in [0.25, 0.3) is 0 Å². The molecular weight excluding hydrogens is 272 g/mol. The summed E-state index contributed by atoms with van der Waals surface area (Å²) in [5, 5.41) is 2.80. The number of hydrogen-bond acceptors (Lipinski definition) is 1. The van der Waals surface area contributed by atoms with Crippen LogP contribution in [0.3, 0.4) is 0 Å². The van der Waals surface area contributed by atoms with Crippen LogP contribution in [0.1, 0.15) is 40.0 Å². The van der Waals surface area contributed by atoms with Gasteiger partial charge >= 0.3 is 0 Å². The Morgan fingerprint density at radius 1 is 1.05 bits per heavy atom. The predicted octanol–water partition coefficient (Wildman–Crippen LogP) is 4.07. The summed E-state index contributed by atoms with van der Waals surface area (Å²) in [6.45, 7) is 5.50. The lowest BCUT2D eigenvalue weighted by molar-refractivity contribution is 0.0939. The molecule has 0 bridgehead atoms. The number of halogens is 2. The van der Waals surface area contributed by atoms with Crippen LogP contribution in [-0.4, -0.2) is 5.91 Å². The fourth-order valence-electron chi connectivity index (χ4n) is 2.12. The van der Waals surface area contributed by atoms with Gasteiger partial charge in [-0.1, -0.05) is 23.8 Å². The van der Waals surface area contributed by atoms with Crippen LogP contribution in [0.4, 0.5) is 8.78 Å². The van der Waals surface area contributed by atoms with Gasteiger partial charge in [0.1, 0.15) is 0 Å². The van der Waals surface area contributed by atoms with Gasteiger partial charge in [-0.3, -0.25) is 4.79 Å². The molecule has 0 aliphatic heterocycles. The molecule has 21 heavy (non-hydrogen) atoms. The highest BCUT2D eigenvalue weighted by atomic mass is 19.2. The van der Waals surface area contributed by atoms with Gasteiger partial charge in [0.25, 0.3) is 5.91 Å². The Labute approximate surface area is 122 Å². The van der Waals surface area contributed by atoms with Gasteiger partial charge in [0, 0.05) is 5.56 Å². The second kappa shape index (κ2) is 6.04. The molecule has 0 fully saturated rings. The summed E-state index contributed by atoms with van der Waals surface area (Å²) in [5.74, 6) is -2.04. The largest absolute Gasteiger partial charge is 0.346 e. The number of rotatable bonds is 3. The van der Waals surface area contributed by atoms with Crippen LogP contribution in [0.15, 0.2) is 36.4 Å². The van der Waals surface area contributed by atoms with Crippen LogP contribution >= 0.6 is 0 Å². The van der Waals surface area contributed by atoms with Gasteiger partial charge in [0.15, 0.2) is 11.6 Å². The molecular formula is C17H17F2NO. The summed E-state index contributed by atoms with van der Waals surface area (Å²) in [4.78, 5) is 12.3. The Bertz CT molecular complexity index is 682. The molecule has 0 radical (unpaired) electrons. The average molecular weight is 289 g/mol. The summed E-state index contributed by atoms with van der Waals surface area (Å²) in [5.41, 5.74) is 2.97. The third-order valence-electron chi connectivity index (χ3n) is 3.43. The zero-order valence-corrected chi connectivity index (χ0v) is 12.2. The fraction of sp³-hybridized carbons (Fsp3) is 0.235. The molecule has 1 N–H and O–H groups in total. The van der Waals surface area contributed by atoms with E-state index >= 15 is 0 Å². The van der Waals surface area contributed by atoms with Crippen molar-refractivity contribution in [3.05, 3.63) is 70.3 Å². The molecule has 4 heteroatoms. The quantitative estimate of drug-likeness (QED) is 0.906.